The van der Waals surface area contributed by atoms with E-state index in [-0.39, 0.29) is 42.8 Å². The molecule has 0 heterocycles. The molecule has 0 aromatic heterocycles. The number of hydrogen-bond donors (Lipinski definition) is 0. The third kappa shape index (κ3) is 77.3. The molecule has 0 amide bonds. The molecule has 0 aromatic rings. The average molecular weight is 740 g/mol. The van der Waals surface area contributed by atoms with Crippen LogP contribution in [-0.2, 0) is 36.2 Å². The van der Waals surface area contributed by atoms with E-state index in [0.29, 0.717) is 0 Å². The Hall–Kier alpha value is -1.60. The van der Waals surface area contributed by atoms with E-state index in [1.54, 1.807) is 0 Å². The maximum Gasteiger partial charge on any atom is 0.0414 e. The third-order valence-electron chi connectivity index (χ3n) is 7.94. The van der Waals surface area contributed by atoms with E-state index >= 15 is 0 Å². The van der Waals surface area contributed by atoms with Gasteiger partial charge in [0.1, 0.15) is 0 Å². The first kappa shape index (κ1) is 56.8. The Morgan fingerprint density at radius 3 is 0.510 bits per heavy atom. The van der Waals surface area contributed by atoms with Crippen molar-refractivity contribution in [2.75, 3.05) is 0 Å². The van der Waals surface area contributed by atoms with Gasteiger partial charge >= 0.3 is 0 Å². The fourth-order valence-electron chi connectivity index (χ4n) is 4.91. The molecule has 9 heteroatoms. The number of carboxylic acid groups (broad SMARTS) is 4. The molecule has 0 aromatic carbocycles. The summed E-state index contributed by atoms with van der Waals surface area (Å²) in [6.45, 7) is 8.76. The molecule has 0 bridgehead atoms. The number of carboxylic acids is 4. The number of unbranched alkanes of at least 4 members (excludes halogenated alkanes) is 24. The monoisotopic (exact) mass is 739 g/mol. The van der Waals surface area contributed by atoms with Crippen LogP contribution in [0.3, 0.4) is 0 Å². The Labute approximate surface area is 312 Å². The molecule has 0 aliphatic heterocycles. The number of rotatable bonds is 32. The van der Waals surface area contributed by atoms with Gasteiger partial charge in [-0.1, -0.05) is 182 Å². The molecule has 0 aliphatic carbocycles. The summed E-state index contributed by atoms with van der Waals surface area (Å²) in [6.07, 6.45) is 33.4. The molecule has 1 radical (unpaired) electrons. The van der Waals surface area contributed by atoms with E-state index in [4.69, 9.17) is 0 Å². The molecule has 8 nitrogen and oxygen atoms in total. The molecule has 0 rings (SSSR count). The summed E-state index contributed by atoms with van der Waals surface area (Å²) < 4.78 is 0. The van der Waals surface area contributed by atoms with Crippen molar-refractivity contribution in [3.05, 3.63) is 0 Å². The molecule has 0 saturated heterocycles. The van der Waals surface area contributed by atoms with Crippen LogP contribution in [0.15, 0.2) is 0 Å². The SMILES string of the molecule is CCCCCCCCCC(=O)[O-].CCCCCCCCCC(=O)[O-].CCCCCCCCCC(=O)[O-].CCCCCCCCCC(=O)[O-].[Mn]. The van der Waals surface area contributed by atoms with Gasteiger partial charge in [-0.05, 0) is 51.4 Å². The quantitative estimate of drug-likeness (QED) is 0.0506. The van der Waals surface area contributed by atoms with Gasteiger partial charge in [-0.15, -0.1) is 0 Å². The van der Waals surface area contributed by atoms with Gasteiger partial charge in [0.15, 0.2) is 0 Å². The topological polar surface area (TPSA) is 161 Å². The van der Waals surface area contributed by atoms with Crippen molar-refractivity contribution in [1.29, 1.82) is 0 Å². The van der Waals surface area contributed by atoms with Crippen molar-refractivity contribution in [2.24, 2.45) is 0 Å². The molecule has 0 aliphatic rings. The molecule has 0 saturated carbocycles. The van der Waals surface area contributed by atoms with Crippen LogP contribution in [0.4, 0.5) is 0 Å². The van der Waals surface area contributed by atoms with E-state index in [9.17, 15) is 39.6 Å². The molecule has 49 heavy (non-hydrogen) atoms. The summed E-state index contributed by atoms with van der Waals surface area (Å²) in [5.41, 5.74) is 0. The predicted molar refractivity (Wildman–Crippen MR) is 190 cm³/mol. The second-order valence-corrected chi connectivity index (χ2v) is 13.0. The van der Waals surface area contributed by atoms with Gasteiger partial charge in [-0.3, -0.25) is 0 Å². The van der Waals surface area contributed by atoms with E-state index in [2.05, 4.69) is 27.7 Å². The van der Waals surface area contributed by atoms with Crippen LogP contribution in [-0.4, -0.2) is 23.9 Å². The standard InChI is InChI=1S/4C10H20O2.Mn/c4*1-2-3-4-5-6-7-8-9-10(11)12;/h4*2-9H2,1H3,(H,11,12);/p-4. The van der Waals surface area contributed by atoms with E-state index in [0.717, 1.165) is 51.4 Å². The number of hydrogen-bond acceptors (Lipinski definition) is 8. The molecular weight excluding hydrogens is 663 g/mol. The van der Waals surface area contributed by atoms with Gasteiger partial charge in [0.05, 0.1) is 0 Å². The van der Waals surface area contributed by atoms with Crippen LogP contribution >= 0.6 is 0 Å². The van der Waals surface area contributed by atoms with Gasteiger partial charge < -0.3 is 39.6 Å². The number of carbonyl (C=O) groups is 4. The predicted octanol–water partition coefficient (Wildman–Crippen LogP) is 7.51. The minimum Gasteiger partial charge on any atom is -0.550 e. The zero-order valence-corrected chi connectivity index (χ0v) is 33.5. The maximum atomic E-state index is 10.0. The fourth-order valence-corrected chi connectivity index (χ4v) is 4.91. The molecule has 295 valence electrons. The smallest absolute Gasteiger partial charge is 0.0414 e. The first-order valence-corrected chi connectivity index (χ1v) is 19.9. The van der Waals surface area contributed by atoms with Crippen LogP contribution in [0.5, 0.6) is 0 Å². The molecule has 0 unspecified atom stereocenters. The van der Waals surface area contributed by atoms with Gasteiger partial charge in [0, 0.05) is 40.9 Å². The van der Waals surface area contributed by atoms with Gasteiger partial charge in [0.2, 0.25) is 0 Å². The first-order valence-electron chi connectivity index (χ1n) is 19.9. The molecule has 0 N–H and O–H groups in total. The Bertz CT molecular complexity index is 561. The first-order chi connectivity index (χ1) is 23.1. The van der Waals surface area contributed by atoms with E-state index in [1.165, 1.54) is 128 Å². The summed E-state index contributed by atoms with van der Waals surface area (Å²) in [6, 6.07) is 0. The third-order valence-corrected chi connectivity index (χ3v) is 7.94. The van der Waals surface area contributed by atoms with Crippen LogP contribution < -0.4 is 20.4 Å². The van der Waals surface area contributed by atoms with Crippen molar-refractivity contribution >= 4 is 23.9 Å². The zero-order chi connectivity index (χ0) is 36.9. The molecule has 0 fully saturated rings. The van der Waals surface area contributed by atoms with E-state index < -0.39 is 23.9 Å². The summed E-state index contributed by atoms with van der Waals surface area (Å²) >= 11 is 0. The zero-order valence-electron chi connectivity index (χ0n) is 32.3. The summed E-state index contributed by atoms with van der Waals surface area (Å²) in [7, 11) is 0. The van der Waals surface area contributed by atoms with Gasteiger partial charge in [0.25, 0.3) is 0 Å². The van der Waals surface area contributed by atoms with E-state index in [1.807, 2.05) is 0 Å². The number of aliphatic carboxylic acids is 4. The Kier molecular flexibility index (Phi) is 61.6. The Morgan fingerprint density at radius 1 is 0.265 bits per heavy atom. The molecule has 0 spiro atoms. The molecule has 0 atom stereocenters. The Balaban J connectivity index is -0.000000174. The second kappa shape index (κ2) is 53.2. The van der Waals surface area contributed by atoms with Crippen molar-refractivity contribution in [3.63, 3.8) is 0 Å². The fraction of sp³-hybridized carbons (Fsp3) is 0.900. The van der Waals surface area contributed by atoms with Crippen LogP contribution in [0.25, 0.3) is 0 Å². The summed E-state index contributed by atoms with van der Waals surface area (Å²) in [5.74, 6) is -3.65. The van der Waals surface area contributed by atoms with Crippen LogP contribution in [0.2, 0.25) is 0 Å². The second-order valence-electron chi connectivity index (χ2n) is 13.0. The van der Waals surface area contributed by atoms with Crippen molar-refractivity contribution in [3.8, 4) is 0 Å². The summed E-state index contributed by atoms with van der Waals surface area (Å²) in [4.78, 5) is 40.1. The average Bonchev–Trinajstić information content (AvgIpc) is 3.03. The van der Waals surface area contributed by atoms with Gasteiger partial charge in [-0.25, -0.2) is 0 Å². The maximum absolute atomic E-state index is 10.0. The van der Waals surface area contributed by atoms with Crippen LogP contribution in [0, 0.1) is 0 Å². The van der Waals surface area contributed by atoms with Gasteiger partial charge in [-0.2, -0.15) is 0 Å². The Morgan fingerprint density at radius 2 is 0.388 bits per heavy atom. The summed E-state index contributed by atoms with van der Waals surface area (Å²) in [5, 5.41) is 40.1. The van der Waals surface area contributed by atoms with Crippen molar-refractivity contribution in [1.82, 2.24) is 0 Å². The minimum absolute atomic E-state index is 0. The van der Waals surface area contributed by atoms with Crippen molar-refractivity contribution in [2.45, 2.75) is 233 Å². The normalized spacial score (nSPS) is 9.88. The number of carbonyl (C=O) groups excluding carboxylic acids is 4. The molecular formula is C40H76MnO8-4. The van der Waals surface area contributed by atoms with Crippen LogP contribution in [0.1, 0.15) is 233 Å². The largest absolute Gasteiger partial charge is 0.550 e. The van der Waals surface area contributed by atoms with Crippen molar-refractivity contribution < 1.29 is 56.7 Å². The minimum atomic E-state index is -0.913.